The number of allylic oxidation sites excluding steroid dienone is 3. The number of hydrogen-bond acceptors (Lipinski definition) is 2. The van der Waals surface area contributed by atoms with Gasteiger partial charge in [0.25, 0.3) is 0 Å². The summed E-state index contributed by atoms with van der Waals surface area (Å²) in [7, 11) is 2.25. The molecule has 1 rings (SSSR count). The minimum Gasteiger partial charge on any atom is -0.396 e. The smallest absolute Gasteiger partial charge is 0.0766 e. The van der Waals surface area contributed by atoms with Crippen molar-refractivity contribution in [3.8, 4) is 0 Å². The summed E-state index contributed by atoms with van der Waals surface area (Å²) in [5.74, 6) is 1.29. The van der Waals surface area contributed by atoms with Crippen LogP contribution in [0.25, 0.3) is 0 Å². The fourth-order valence-corrected chi connectivity index (χ4v) is 1.51. The Morgan fingerprint density at radius 2 is 2.29 bits per heavy atom. The van der Waals surface area contributed by atoms with Crippen LogP contribution in [0.15, 0.2) is 24.3 Å². The van der Waals surface area contributed by atoms with Gasteiger partial charge in [0.15, 0.2) is 0 Å². The summed E-state index contributed by atoms with van der Waals surface area (Å²) in [6, 6.07) is 0. The first-order chi connectivity index (χ1) is 6.77. The zero-order valence-corrected chi connectivity index (χ0v) is 9.75. The molecule has 1 N–H and O–H groups in total. The Morgan fingerprint density at radius 3 is 2.86 bits per heavy atom. The van der Waals surface area contributed by atoms with Crippen LogP contribution in [0.3, 0.4) is 0 Å². The van der Waals surface area contributed by atoms with Crippen LogP contribution in [0.2, 0.25) is 0 Å². The molecule has 0 amide bonds. The summed E-state index contributed by atoms with van der Waals surface area (Å²) < 4.78 is 4.99. The number of aliphatic hydroxyl groups excluding tert-OH is 1. The van der Waals surface area contributed by atoms with E-state index in [4.69, 9.17) is 9.63 Å². The van der Waals surface area contributed by atoms with Gasteiger partial charge in [0.05, 0.1) is 6.10 Å². The van der Waals surface area contributed by atoms with Gasteiger partial charge in [-0.05, 0) is 31.6 Å². The summed E-state index contributed by atoms with van der Waals surface area (Å²) in [4.78, 5) is 0. The van der Waals surface area contributed by atoms with Gasteiger partial charge in [0.2, 0.25) is 0 Å². The molecule has 0 aromatic carbocycles. The first kappa shape index (κ1) is 11.9. The Labute approximate surface area is 88.3 Å². The van der Waals surface area contributed by atoms with E-state index in [0.717, 1.165) is 12.3 Å². The van der Waals surface area contributed by atoms with Crippen LogP contribution in [-0.2, 0) is 4.52 Å². The van der Waals surface area contributed by atoms with Crippen LogP contribution in [0.4, 0.5) is 0 Å². The van der Waals surface area contributed by atoms with E-state index in [2.05, 4.69) is 15.5 Å². The maximum absolute atomic E-state index is 8.83. The molecule has 1 saturated carbocycles. The van der Waals surface area contributed by atoms with Gasteiger partial charge in [-0.3, -0.25) is 0 Å². The molecule has 14 heavy (non-hydrogen) atoms. The predicted octanol–water partition coefficient (Wildman–Crippen LogP) is 2.31. The summed E-state index contributed by atoms with van der Waals surface area (Å²) in [6.07, 6.45) is 10.6. The first-order valence-electron chi connectivity index (χ1n) is 5.07. The lowest BCUT2D eigenvalue weighted by atomic mass is 10.2. The van der Waals surface area contributed by atoms with Crippen molar-refractivity contribution in [2.45, 2.75) is 25.9 Å². The monoisotopic (exact) mass is 214 g/mol. The molecule has 3 heteroatoms. The molecule has 0 aliphatic heterocycles. The maximum atomic E-state index is 8.83. The Balaban J connectivity index is 2.07. The van der Waals surface area contributed by atoms with Gasteiger partial charge in [0.1, 0.15) is 0 Å². The van der Waals surface area contributed by atoms with Crippen molar-refractivity contribution in [1.29, 1.82) is 0 Å². The molecule has 4 atom stereocenters. The Hall–Kier alpha value is -0.170. The molecule has 0 radical (unpaired) electrons. The average Bonchev–Trinajstić information content (AvgIpc) is 2.95. The largest absolute Gasteiger partial charge is 0.396 e. The summed E-state index contributed by atoms with van der Waals surface area (Å²) in [5.41, 5.74) is 0. The molecule has 1 aliphatic carbocycles. The van der Waals surface area contributed by atoms with Crippen molar-refractivity contribution in [1.82, 2.24) is 0 Å². The Kier molecular flexibility index (Phi) is 5.39. The number of hydrogen-bond donors (Lipinski definition) is 1. The normalized spacial score (nSPS) is 28.8. The van der Waals surface area contributed by atoms with Crippen LogP contribution >= 0.6 is 9.47 Å². The lowest BCUT2D eigenvalue weighted by molar-refractivity contribution is 0.269. The molecule has 4 unspecified atom stereocenters. The molecule has 0 aromatic rings. The van der Waals surface area contributed by atoms with E-state index in [1.54, 1.807) is 0 Å². The third kappa shape index (κ3) is 4.36. The second kappa shape index (κ2) is 6.34. The highest BCUT2D eigenvalue weighted by molar-refractivity contribution is 7.09. The molecular weight excluding hydrogens is 195 g/mol. The van der Waals surface area contributed by atoms with Crippen LogP contribution in [0.5, 0.6) is 0 Å². The third-order valence-corrected chi connectivity index (χ3v) is 3.02. The number of aliphatic hydroxyl groups is 1. The topological polar surface area (TPSA) is 29.5 Å². The zero-order valence-electron chi connectivity index (χ0n) is 8.60. The van der Waals surface area contributed by atoms with E-state index in [1.807, 2.05) is 25.2 Å². The van der Waals surface area contributed by atoms with Crippen molar-refractivity contribution < 1.29 is 9.63 Å². The molecular formula is C11H19O2P. The number of rotatable bonds is 6. The highest BCUT2D eigenvalue weighted by atomic mass is 31.0. The van der Waals surface area contributed by atoms with E-state index >= 15 is 0 Å². The van der Waals surface area contributed by atoms with Gasteiger partial charge in [-0.1, -0.05) is 24.3 Å². The van der Waals surface area contributed by atoms with Crippen molar-refractivity contribution in [2.75, 3.05) is 6.61 Å². The van der Waals surface area contributed by atoms with Crippen LogP contribution in [-0.4, -0.2) is 17.8 Å². The first-order valence-corrected chi connectivity index (χ1v) is 5.54. The molecule has 0 bridgehead atoms. The van der Waals surface area contributed by atoms with Gasteiger partial charge < -0.3 is 9.63 Å². The second-order valence-corrected chi connectivity index (χ2v) is 4.10. The van der Waals surface area contributed by atoms with Crippen molar-refractivity contribution in [2.24, 2.45) is 11.8 Å². The van der Waals surface area contributed by atoms with E-state index in [9.17, 15) is 0 Å². The predicted molar refractivity (Wildman–Crippen MR) is 61.8 cm³/mol. The standard InChI is InChI=1S/C11H19O2P/c1-9(13-14)5-3-2-4-6-10-7-11(10)8-12/h2-5,9-12H,6-8,14H2,1H3/b4-2+,5-3+. The molecule has 2 nitrogen and oxygen atoms in total. The van der Waals surface area contributed by atoms with Gasteiger partial charge in [-0.15, -0.1) is 0 Å². The molecule has 0 spiro atoms. The van der Waals surface area contributed by atoms with Gasteiger partial charge in [-0.25, -0.2) is 0 Å². The van der Waals surface area contributed by atoms with Crippen molar-refractivity contribution >= 4 is 9.47 Å². The highest BCUT2D eigenvalue weighted by Crippen LogP contribution is 2.40. The molecule has 0 aromatic heterocycles. The van der Waals surface area contributed by atoms with Gasteiger partial charge in [0, 0.05) is 16.1 Å². The van der Waals surface area contributed by atoms with E-state index in [-0.39, 0.29) is 6.10 Å². The van der Waals surface area contributed by atoms with Crippen LogP contribution in [0, 0.1) is 11.8 Å². The molecule has 0 heterocycles. The SMILES string of the molecule is CC(/C=C/C=C/CC1CC1CO)OP. The minimum absolute atomic E-state index is 0.149. The van der Waals surface area contributed by atoms with E-state index < -0.39 is 0 Å². The summed E-state index contributed by atoms with van der Waals surface area (Å²) in [6.45, 7) is 2.34. The second-order valence-electron chi connectivity index (χ2n) is 3.83. The Bertz CT molecular complexity index is 213. The molecule has 1 fully saturated rings. The fraction of sp³-hybridized carbons (Fsp3) is 0.636. The molecule has 1 aliphatic rings. The lowest BCUT2D eigenvalue weighted by Gasteiger charge is -1.98. The van der Waals surface area contributed by atoms with Crippen molar-refractivity contribution in [3.63, 3.8) is 0 Å². The highest BCUT2D eigenvalue weighted by Gasteiger charge is 2.34. The summed E-state index contributed by atoms with van der Waals surface area (Å²) in [5, 5.41) is 8.83. The van der Waals surface area contributed by atoms with Gasteiger partial charge >= 0.3 is 0 Å². The van der Waals surface area contributed by atoms with E-state index in [1.165, 1.54) is 6.42 Å². The van der Waals surface area contributed by atoms with Crippen molar-refractivity contribution in [3.05, 3.63) is 24.3 Å². The summed E-state index contributed by atoms with van der Waals surface area (Å²) >= 11 is 0. The average molecular weight is 214 g/mol. The van der Waals surface area contributed by atoms with Crippen LogP contribution < -0.4 is 0 Å². The Morgan fingerprint density at radius 1 is 1.50 bits per heavy atom. The van der Waals surface area contributed by atoms with E-state index in [0.29, 0.717) is 12.5 Å². The molecule has 0 saturated heterocycles. The lowest BCUT2D eigenvalue weighted by Crippen LogP contribution is -1.93. The fourth-order valence-electron chi connectivity index (χ4n) is 1.42. The van der Waals surface area contributed by atoms with Gasteiger partial charge in [-0.2, -0.15) is 0 Å². The molecule has 80 valence electrons. The minimum atomic E-state index is 0.149. The zero-order chi connectivity index (χ0) is 10.4. The maximum Gasteiger partial charge on any atom is 0.0766 e. The van der Waals surface area contributed by atoms with Crippen LogP contribution in [0.1, 0.15) is 19.8 Å². The quantitative estimate of drug-likeness (QED) is 0.543. The third-order valence-electron chi connectivity index (χ3n) is 2.59.